The molecular formula is C22H23N5O. The van der Waals surface area contributed by atoms with Gasteiger partial charge in [0, 0.05) is 13.0 Å². The van der Waals surface area contributed by atoms with Gasteiger partial charge >= 0.3 is 0 Å². The first kappa shape index (κ1) is 18.0. The summed E-state index contributed by atoms with van der Waals surface area (Å²) in [5.74, 6) is 0.965. The van der Waals surface area contributed by atoms with E-state index in [9.17, 15) is 4.79 Å². The molecular weight excluding hydrogens is 350 g/mol. The van der Waals surface area contributed by atoms with Crippen molar-refractivity contribution in [3.63, 3.8) is 0 Å². The van der Waals surface area contributed by atoms with Gasteiger partial charge in [-0.1, -0.05) is 44.2 Å². The summed E-state index contributed by atoms with van der Waals surface area (Å²) in [5, 5.41) is 7.63. The normalized spacial score (nSPS) is 11.2. The maximum Gasteiger partial charge on any atom is 0.270 e. The number of aromatic amines is 1. The second-order valence-corrected chi connectivity index (χ2v) is 7.06. The average molecular weight is 373 g/mol. The lowest BCUT2D eigenvalue weighted by Crippen LogP contribution is -2.28. The van der Waals surface area contributed by atoms with Crippen LogP contribution in [0.15, 0.2) is 60.7 Å². The summed E-state index contributed by atoms with van der Waals surface area (Å²) >= 11 is 0. The molecule has 0 spiro atoms. The van der Waals surface area contributed by atoms with Gasteiger partial charge in [0.25, 0.3) is 5.91 Å². The maximum absolute atomic E-state index is 12.8. The molecule has 0 saturated heterocycles. The van der Waals surface area contributed by atoms with Gasteiger partial charge in [0.1, 0.15) is 11.5 Å². The van der Waals surface area contributed by atoms with Gasteiger partial charge in [-0.2, -0.15) is 5.10 Å². The zero-order chi connectivity index (χ0) is 19.5. The Bertz CT molecular complexity index is 1060. The molecule has 28 heavy (non-hydrogen) atoms. The number of para-hydroxylation sites is 3. The number of carbonyl (C=O) groups excluding carboxylic acids is 1. The number of fused-ring (bicyclic) bond motifs is 1. The van der Waals surface area contributed by atoms with Crippen molar-refractivity contribution in [2.75, 3.05) is 6.54 Å². The third kappa shape index (κ3) is 3.67. The van der Waals surface area contributed by atoms with Gasteiger partial charge in [-0.05, 0) is 36.2 Å². The van der Waals surface area contributed by atoms with E-state index >= 15 is 0 Å². The first-order chi connectivity index (χ1) is 13.6. The summed E-state index contributed by atoms with van der Waals surface area (Å²) in [7, 11) is 0. The fraction of sp³-hybridized carbons (Fsp3) is 0.227. The predicted molar refractivity (Wildman–Crippen MR) is 110 cm³/mol. The standard InChI is InChI=1S/C22H23N5O/c1-15(2)19-14-20(27(26-19)16-8-4-3-5-9-16)22(28)23-13-12-21-24-17-10-6-7-11-18(17)25-21/h3-11,14-15H,12-13H2,1-2H3,(H,23,28)(H,24,25). The van der Waals surface area contributed by atoms with E-state index in [0.717, 1.165) is 28.2 Å². The van der Waals surface area contributed by atoms with Crippen LogP contribution >= 0.6 is 0 Å². The van der Waals surface area contributed by atoms with Crippen molar-refractivity contribution in [3.05, 3.63) is 77.9 Å². The van der Waals surface area contributed by atoms with Crippen LogP contribution in [0.1, 0.15) is 41.8 Å². The number of nitrogens with one attached hydrogen (secondary N) is 2. The molecule has 1 amide bonds. The Balaban J connectivity index is 1.49. The molecule has 0 aliphatic carbocycles. The third-order valence-corrected chi connectivity index (χ3v) is 4.64. The van der Waals surface area contributed by atoms with Crippen LogP contribution in [-0.4, -0.2) is 32.2 Å². The molecule has 2 N–H and O–H groups in total. The van der Waals surface area contributed by atoms with Crippen molar-refractivity contribution in [1.29, 1.82) is 0 Å². The molecule has 2 aromatic heterocycles. The number of H-pyrrole nitrogens is 1. The molecule has 0 saturated carbocycles. The van der Waals surface area contributed by atoms with Crippen molar-refractivity contribution in [1.82, 2.24) is 25.1 Å². The van der Waals surface area contributed by atoms with Crippen LogP contribution < -0.4 is 5.32 Å². The predicted octanol–water partition coefficient (Wildman–Crippen LogP) is 3.84. The minimum absolute atomic E-state index is 0.139. The highest BCUT2D eigenvalue weighted by Gasteiger charge is 2.18. The van der Waals surface area contributed by atoms with Crippen molar-refractivity contribution < 1.29 is 4.79 Å². The molecule has 0 aliphatic heterocycles. The van der Waals surface area contributed by atoms with Gasteiger partial charge in [-0.25, -0.2) is 9.67 Å². The Hall–Kier alpha value is -3.41. The van der Waals surface area contributed by atoms with E-state index in [1.165, 1.54) is 0 Å². The zero-order valence-electron chi connectivity index (χ0n) is 16.0. The number of imidazole rings is 1. The Labute approximate surface area is 163 Å². The minimum Gasteiger partial charge on any atom is -0.350 e. The van der Waals surface area contributed by atoms with Gasteiger partial charge < -0.3 is 10.3 Å². The van der Waals surface area contributed by atoms with Gasteiger partial charge in [0.2, 0.25) is 0 Å². The number of benzene rings is 2. The summed E-state index contributed by atoms with van der Waals surface area (Å²) in [6.45, 7) is 4.64. The van der Waals surface area contributed by atoms with Gasteiger partial charge in [0.05, 0.1) is 22.4 Å². The van der Waals surface area contributed by atoms with E-state index in [4.69, 9.17) is 0 Å². The van der Waals surface area contributed by atoms with E-state index in [1.807, 2.05) is 60.7 Å². The summed E-state index contributed by atoms with van der Waals surface area (Å²) in [6.07, 6.45) is 0.636. The number of rotatable bonds is 6. The zero-order valence-corrected chi connectivity index (χ0v) is 16.0. The van der Waals surface area contributed by atoms with Crippen LogP contribution in [-0.2, 0) is 6.42 Å². The number of aromatic nitrogens is 4. The number of nitrogens with zero attached hydrogens (tertiary/aromatic N) is 3. The van der Waals surface area contributed by atoms with Crippen molar-refractivity contribution >= 4 is 16.9 Å². The molecule has 0 aliphatic rings. The second kappa shape index (κ2) is 7.68. The Morgan fingerprint density at radius 3 is 2.61 bits per heavy atom. The molecule has 2 heterocycles. The van der Waals surface area contributed by atoms with Gasteiger partial charge in [0.15, 0.2) is 0 Å². The molecule has 2 aromatic carbocycles. The van der Waals surface area contributed by atoms with Crippen LogP contribution in [0.2, 0.25) is 0 Å². The first-order valence-corrected chi connectivity index (χ1v) is 9.49. The molecule has 142 valence electrons. The molecule has 6 nitrogen and oxygen atoms in total. The molecule has 6 heteroatoms. The van der Waals surface area contributed by atoms with E-state index in [2.05, 4.69) is 34.2 Å². The average Bonchev–Trinajstić information content (AvgIpc) is 3.33. The topological polar surface area (TPSA) is 75.6 Å². The Kier molecular flexibility index (Phi) is 4.93. The lowest BCUT2D eigenvalue weighted by atomic mass is 10.1. The lowest BCUT2D eigenvalue weighted by molar-refractivity contribution is 0.0946. The summed E-state index contributed by atoms with van der Waals surface area (Å²) in [4.78, 5) is 20.7. The highest BCUT2D eigenvalue weighted by atomic mass is 16.2. The second-order valence-electron chi connectivity index (χ2n) is 7.06. The van der Waals surface area contributed by atoms with Crippen molar-refractivity contribution in [2.24, 2.45) is 0 Å². The fourth-order valence-corrected chi connectivity index (χ4v) is 3.12. The number of hydrogen-bond acceptors (Lipinski definition) is 3. The third-order valence-electron chi connectivity index (χ3n) is 4.64. The van der Waals surface area contributed by atoms with E-state index in [0.29, 0.717) is 18.7 Å². The van der Waals surface area contributed by atoms with E-state index < -0.39 is 0 Å². The Morgan fingerprint density at radius 1 is 1.11 bits per heavy atom. The van der Waals surface area contributed by atoms with Crippen molar-refractivity contribution in [2.45, 2.75) is 26.2 Å². The van der Waals surface area contributed by atoms with Gasteiger partial charge in [-0.15, -0.1) is 0 Å². The smallest absolute Gasteiger partial charge is 0.270 e. The molecule has 0 unspecified atom stereocenters. The van der Waals surface area contributed by atoms with Crippen LogP contribution in [0.25, 0.3) is 16.7 Å². The molecule has 4 aromatic rings. The van der Waals surface area contributed by atoms with Crippen LogP contribution in [0.5, 0.6) is 0 Å². The first-order valence-electron chi connectivity index (χ1n) is 9.49. The molecule has 0 fully saturated rings. The lowest BCUT2D eigenvalue weighted by Gasteiger charge is -2.08. The van der Waals surface area contributed by atoms with E-state index in [-0.39, 0.29) is 11.8 Å². The van der Waals surface area contributed by atoms with Gasteiger partial charge in [-0.3, -0.25) is 4.79 Å². The van der Waals surface area contributed by atoms with Crippen LogP contribution in [0.3, 0.4) is 0 Å². The SMILES string of the molecule is CC(C)c1cc(C(=O)NCCc2nc3ccccc3[nH]2)n(-c2ccccc2)n1. The molecule has 0 bridgehead atoms. The summed E-state index contributed by atoms with van der Waals surface area (Å²) < 4.78 is 1.71. The maximum atomic E-state index is 12.8. The van der Waals surface area contributed by atoms with Crippen molar-refractivity contribution in [3.8, 4) is 5.69 Å². The molecule has 4 rings (SSSR count). The fourth-order valence-electron chi connectivity index (χ4n) is 3.12. The molecule has 0 radical (unpaired) electrons. The monoisotopic (exact) mass is 373 g/mol. The number of carbonyl (C=O) groups is 1. The molecule has 0 atom stereocenters. The quantitative estimate of drug-likeness (QED) is 0.539. The number of hydrogen-bond donors (Lipinski definition) is 2. The largest absolute Gasteiger partial charge is 0.350 e. The highest BCUT2D eigenvalue weighted by Crippen LogP contribution is 2.18. The number of amides is 1. The summed E-state index contributed by atoms with van der Waals surface area (Å²) in [5.41, 5.74) is 4.25. The van der Waals surface area contributed by atoms with Crippen LogP contribution in [0, 0.1) is 0 Å². The minimum atomic E-state index is -0.139. The highest BCUT2D eigenvalue weighted by molar-refractivity contribution is 5.93. The summed E-state index contributed by atoms with van der Waals surface area (Å²) in [6, 6.07) is 19.5. The van der Waals surface area contributed by atoms with E-state index in [1.54, 1.807) is 4.68 Å². The Morgan fingerprint density at radius 2 is 1.86 bits per heavy atom. The van der Waals surface area contributed by atoms with Crippen LogP contribution in [0.4, 0.5) is 0 Å².